The van der Waals surface area contributed by atoms with Crippen LogP contribution in [0.3, 0.4) is 0 Å². The minimum absolute atomic E-state index is 0.0583. The van der Waals surface area contributed by atoms with E-state index in [4.69, 9.17) is 4.74 Å². The van der Waals surface area contributed by atoms with E-state index in [0.717, 1.165) is 15.8 Å². The first kappa shape index (κ1) is 17.6. The predicted molar refractivity (Wildman–Crippen MR) is 97.3 cm³/mol. The Labute approximate surface area is 150 Å². The quantitative estimate of drug-likeness (QED) is 0.617. The lowest BCUT2D eigenvalue weighted by atomic mass is 10.2. The highest BCUT2D eigenvalue weighted by atomic mass is 32.2. The predicted octanol–water partition coefficient (Wildman–Crippen LogP) is 3.51. The van der Waals surface area contributed by atoms with Crippen LogP contribution >= 0.6 is 11.3 Å². The molecule has 0 radical (unpaired) electrons. The van der Waals surface area contributed by atoms with Crippen LogP contribution in [0.1, 0.15) is 17.0 Å². The molecule has 130 valence electrons. The van der Waals surface area contributed by atoms with Gasteiger partial charge < -0.3 is 4.74 Å². The summed E-state index contributed by atoms with van der Waals surface area (Å²) in [6.45, 7) is 1.94. The molecule has 0 fully saturated rings. The fourth-order valence-electron chi connectivity index (χ4n) is 2.28. The van der Waals surface area contributed by atoms with Gasteiger partial charge >= 0.3 is 5.97 Å². The van der Waals surface area contributed by atoms with Crippen molar-refractivity contribution >= 4 is 37.4 Å². The second kappa shape index (κ2) is 7.33. The van der Waals surface area contributed by atoms with E-state index >= 15 is 0 Å². The number of thiazole rings is 1. The average molecular weight is 375 g/mol. The molecular weight excluding hydrogens is 358 g/mol. The van der Waals surface area contributed by atoms with E-state index in [1.54, 1.807) is 24.3 Å². The van der Waals surface area contributed by atoms with Crippen LogP contribution in [0.5, 0.6) is 0 Å². The molecule has 0 aliphatic carbocycles. The Balaban J connectivity index is 1.54. The maximum absolute atomic E-state index is 12.2. The summed E-state index contributed by atoms with van der Waals surface area (Å²) in [6.07, 6.45) is -0.179. The first-order valence-corrected chi connectivity index (χ1v) is 10.2. The number of nitrogens with zero attached hydrogens (tertiary/aromatic N) is 1. The van der Waals surface area contributed by atoms with E-state index < -0.39 is 15.8 Å². The van der Waals surface area contributed by atoms with Gasteiger partial charge in [0.15, 0.2) is 9.84 Å². The van der Waals surface area contributed by atoms with E-state index in [0.29, 0.717) is 5.01 Å². The summed E-state index contributed by atoms with van der Waals surface area (Å²) >= 11 is 1.45. The lowest BCUT2D eigenvalue weighted by Crippen LogP contribution is -2.13. The van der Waals surface area contributed by atoms with Gasteiger partial charge in [0, 0.05) is 0 Å². The lowest BCUT2D eigenvalue weighted by molar-refractivity contribution is -0.144. The van der Waals surface area contributed by atoms with Crippen molar-refractivity contribution in [2.75, 3.05) is 5.75 Å². The number of hydrogen-bond acceptors (Lipinski definition) is 6. The molecule has 7 heteroatoms. The van der Waals surface area contributed by atoms with Crippen molar-refractivity contribution in [3.8, 4) is 0 Å². The van der Waals surface area contributed by atoms with E-state index in [-0.39, 0.29) is 23.7 Å². The zero-order chi connectivity index (χ0) is 17.9. The largest absolute Gasteiger partial charge is 0.458 e. The van der Waals surface area contributed by atoms with Crippen LogP contribution in [0.2, 0.25) is 0 Å². The number of aromatic nitrogens is 1. The fourth-order valence-corrected chi connectivity index (χ4v) is 4.38. The molecule has 0 atom stereocenters. The standard InChI is InChI=1S/C18H17NO4S2/c1-13-6-8-14(9-7-13)25(21,22)11-10-18(20)23-12-17-19-15-4-2-3-5-16(15)24-17/h2-9H,10-12H2,1H3. The molecule has 5 nitrogen and oxygen atoms in total. The van der Waals surface area contributed by atoms with Crippen LogP contribution < -0.4 is 0 Å². The van der Waals surface area contributed by atoms with Gasteiger partial charge in [-0.25, -0.2) is 13.4 Å². The van der Waals surface area contributed by atoms with Gasteiger partial charge in [-0.2, -0.15) is 0 Å². The minimum atomic E-state index is -3.49. The van der Waals surface area contributed by atoms with Gasteiger partial charge in [0.05, 0.1) is 27.3 Å². The number of carbonyl (C=O) groups is 1. The summed E-state index contributed by atoms with van der Waals surface area (Å²) in [4.78, 5) is 16.4. The molecule has 0 amide bonds. The van der Waals surface area contributed by atoms with Crippen LogP contribution in [0.4, 0.5) is 0 Å². The number of sulfone groups is 1. The van der Waals surface area contributed by atoms with Crippen molar-refractivity contribution in [1.82, 2.24) is 4.98 Å². The maximum atomic E-state index is 12.2. The summed E-state index contributed by atoms with van der Waals surface area (Å²) < 4.78 is 30.6. The molecule has 2 aromatic carbocycles. The first-order chi connectivity index (χ1) is 11.9. The molecule has 0 unspecified atom stereocenters. The van der Waals surface area contributed by atoms with Crippen LogP contribution in [0, 0.1) is 6.92 Å². The molecular formula is C18H17NO4S2. The van der Waals surface area contributed by atoms with Crippen molar-refractivity contribution in [2.45, 2.75) is 24.8 Å². The number of hydrogen-bond donors (Lipinski definition) is 0. The number of ether oxygens (including phenoxy) is 1. The highest BCUT2D eigenvalue weighted by Crippen LogP contribution is 2.22. The molecule has 1 aromatic heterocycles. The molecule has 0 saturated carbocycles. The monoisotopic (exact) mass is 375 g/mol. The average Bonchev–Trinajstić information content (AvgIpc) is 3.01. The van der Waals surface area contributed by atoms with Crippen molar-refractivity contribution in [1.29, 1.82) is 0 Å². The Morgan fingerprint density at radius 3 is 2.56 bits per heavy atom. The number of fused-ring (bicyclic) bond motifs is 1. The second-order valence-electron chi connectivity index (χ2n) is 5.62. The molecule has 3 aromatic rings. The third-order valence-electron chi connectivity index (χ3n) is 3.65. The van der Waals surface area contributed by atoms with E-state index in [9.17, 15) is 13.2 Å². The Hall–Kier alpha value is -2.25. The number of aryl methyl sites for hydroxylation is 1. The number of carbonyl (C=O) groups excluding carboxylic acids is 1. The third kappa shape index (κ3) is 4.43. The Bertz CT molecular complexity index is 958. The first-order valence-electron chi connectivity index (χ1n) is 7.73. The van der Waals surface area contributed by atoms with Gasteiger partial charge in [-0.15, -0.1) is 11.3 Å². The normalized spacial score (nSPS) is 11.6. The smallest absolute Gasteiger partial charge is 0.307 e. The van der Waals surface area contributed by atoms with Crippen LogP contribution in [-0.2, 0) is 26.0 Å². The van der Waals surface area contributed by atoms with Crippen LogP contribution in [0.25, 0.3) is 10.2 Å². The third-order valence-corrected chi connectivity index (χ3v) is 6.39. The highest BCUT2D eigenvalue weighted by Gasteiger charge is 2.17. The molecule has 0 N–H and O–H groups in total. The molecule has 0 aliphatic heterocycles. The van der Waals surface area contributed by atoms with E-state index in [1.807, 2.05) is 31.2 Å². The molecule has 0 bridgehead atoms. The van der Waals surface area contributed by atoms with Crippen molar-refractivity contribution < 1.29 is 17.9 Å². The van der Waals surface area contributed by atoms with Gasteiger partial charge in [0.1, 0.15) is 11.6 Å². The summed E-state index contributed by atoms with van der Waals surface area (Å²) in [6, 6.07) is 14.2. The highest BCUT2D eigenvalue weighted by molar-refractivity contribution is 7.91. The van der Waals surface area contributed by atoms with Gasteiger partial charge in [0.2, 0.25) is 0 Å². The van der Waals surface area contributed by atoms with Crippen LogP contribution in [-0.4, -0.2) is 25.1 Å². The molecule has 0 spiro atoms. The topological polar surface area (TPSA) is 73.3 Å². The number of esters is 1. The summed E-state index contributed by atoms with van der Waals surface area (Å²) in [5.41, 5.74) is 1.84. The Kier molecular flexibility index (Phi) is 5.15. The van der Waals surface area contributed by atoms with Gasteiger partial charge in [-0.1, -0.05) is 29.8 Å². The molecule has 0 aliphatic rings. The van der Waals surface area contributed by atoms with Gasteiger partial charge in [-0.05, 0) is 31.2 Å². The van der Waals surface area contributed by atoms with Crippen molar-refractivity contribution in [3.63, 3.8) is 0 Å². The van der Waals surface area contributed by atoms with Crippen molar-refractivity contribution in [3.05, 3.63) is 59.1 Å². The Morgan fingerprint density at radius 1 is 1.12 bits per heavy atom. The SMILES string of the molecule is Cc1ccc(S(=O)(=O)CCC(=O)OCc2nc3ccccc3s2)cc1. The van der Waals surface area contributed by atoms with Gasteiger partial charge in [0.25, 0.3) is 0 Å². The zero-order valence-corrected chi connectivity index (χ0v) is 15.3. The molecule has 0 saturated heterocycles. The van der Waals surface area contributed by atoms with E-state index in [1.165, 1.54) is 11.3 Å². The minimum Gasteiger partial charge on any atom is -0.458 e. The summed E-state index contributed by atoms with van der Waals surface area (Å²) in [7, 11) is -3.49. The zero-order valence-electron chi connectivity index (χ0n) is 13.6. The fraction of sp³-hybridized carbons (Fsp3) is 0.222. The van der Waals surface area contributed by atoms with Crippen molar-refractivity contribution in [2.24, 2.45) is 0 Å². The summed E-state index contributed by atoms with van der Waals surface area (Å²) in [5, 5.41) is 0.691. The molecule has 3 rings (SSSR count). The van der Waals surface area contributed by atoms with E-state index in [2.05, 4.69) is 4.98 Å². The second-order valence-corrected chi connectivity index (χ2v) is 8.84. The molecule has 1 heterocycles. The number of para-hydroxylation sites is 1. The Morgan fingerprint density at radius 2 is 1.84 bits per heavy atom. The number of rotatable bonds is 6. The van der Waals surface area contributed by atoms with Crippen LogP contribution in [0.15, 0.2) is 53.4 Å². The lowest BCUT2D eigenvalue weighted by Gasteiger charge is -2.05. The van der Waals surface area contributed by atoms with Gasteiger partial charge in [-0.3, -0.25) is 4.79 Å². The number of benzene rings is 2. The summed E-state index contributed by atoms with van der Waals surface area (Å²) in [5.74, 6) is -0.815. The molecule has 25 heavy (non-hydrogen) atoms. The maximum Gasteiger partial charge on any atom is 0.307 e.